The van der Waals surface area contributed by atoms with Crippen LogP contribution in [-0.2, 0) is 11.8 Å². The number of hydrogen-bond acceptors (Lipinski definition) is 3. The Morgan fingerprint density at radius 1 is 1.56 bits per heavy atom. The number of amides is 1. The van der Waals surface area contributed by atoms with E-state index in [-0.39, 0.29) is 24.2 Å². The van der Waals surface area contributed by atoms with E-state index in [1.807, 2.05) is 20.8 Å². The van der Waals surface area contributed by atoms with Gasteiger partial charge in [-0.15, -0.1) is 0 Å². The van der Waals surface area contributed by atoms with Gasteiger partial charge in [-0.2, -0.15) is 5.10 Å². The lowest BCUT2D eigenvalue weighted by Gasteiger charge is -2.26. The highest BCUT2D eigenvalue weighted by Gasteiger charge is 2.24. The van der Waals surface area contributed by atoms with Crippen molar-refractivity contribution in [3.63, 3.8) is 0 Å². The van der Waals surface area contributed by atoms with Gasteiger partial charge in [-0.25, -0.2) is 0 Å². The highest BCUT2D eigenvalue weighted by Crippen LogP contribution is 2.10. The van der Waals surface area contributed by atoms with Crippen LogP contribution in [0.3, 0.4) is 0 Å². The van der Waals surface area contributed by atoms with Gasteiger partial charge in [0.15, 0.2) is 5.69 Å². The van der Waals surface area contributed by atoms with Crippen LogP contribution >= 0.6 is 0 Å². The summed E-state index contributed by atoms with van der Waals surface area (Å²) >= 11 is 0. The second-order valence-corrected chi connectivity index (χ2v) is 4.38. The second-order valence-electron chi connectivity index (χ2n) is 4.38. The van der Waals surface area contributed by atoms with Crippen molar-refractivity contribution in [2.24, 2.45) is 7.05 Å². The van der Waals surface area contributed by atoms with Crippen molar-refractivity contribution in [1.82, 2.24) is 14.7 Å². The number of nitrogens with zero attached hydrogens (tertiary/aromatic N) is 3. The van der Waals surface area contributed by atoms with Crippen LogP contribution < -0.4 is 0 Å². The maximum absolute atomic E-state index is 12.2. The van der Waals surface area contributed by atoms with Gasteiger partial charge >= 0.3 is 5.97 Å². The maximum Gasteiger partial charge on any atom is 0.323 e. The van der Waals surface area contributed by atoms with E-state index in [2.05, 4.69) is 5.10 Å². The van der Waals surface area contributed by atoms with E-state index in [4.69, 9.17) is 5.11 Å². The first-order valence-corrected chi connectivity index (χ1v) is 5.90. The molecule has 18 heavy (non-hydrogen) atoms. The molecule has 100 valence electrons. The van der Waals surface area contributed by atoms with Gasteiger partial charge < -0.3 is 10.0 Å². The first kappa shape index (κ1) is 14.2. The Bertz CT molecular complexity index is 434. The monoisotopic (exact) mass is 253 g/mol. The average molecular weight is 253 g/mol. The van der Waals surface area contributed by atoms with Gasteiger partial charge in [-0.05, 0) is 26.3 Å². The molecule has 0 fully saturated rings. The maximum atomic E-state index is 12.2. The normalized spacial score (nSPS) is 12.2. The van der Waals surface area contributed by atoms with E-state index >= 15 is 0 Å². The zero-order chi connectivity index (χ0) is 13.9. The largest absolute Gasteiger partial charge is 0.480 e. The van der Waals surface area contributed by atoms with Crippen LogP contribution in [0, 0.1) is 6.92 Å². The Kier molecular flexibility index (Phi) is 4.47. The Hall–Kier alpha value is -1.85. The number of carbonyl (C=O) groups is 2. The van der Waals surface area contributed by atoms with Crippen molar-refractivity contribution in [1.29, 1.82) is 0 Å². The summed E-state index contributed by atoms with van der Waals surface area (Å²) in [5.74, 6) is -1.35. The fraction of sp³-hybridized carbons (Fsp3) is 0.583. The number of aryl methyl sites for hydroxylation is 2. The molecule has 1 unspecified atom stereocenters. The third-order valence-electron chi connectivity index (χ3n) is 3.02. The molecule has 0 spiro atoms. The SMILES string of the molecule is CCC(C)N(CC(=O)O)C(=O)c1cc(C)n(C)n1. The molecule has 0 saturated heterocycles. The molecule has 1 amide bonds. The lowest BCUT2D eigenvalue weighted by molar-refractivity contribution is -0.138. The number of aliphatic carboxylic acids is 1. The van der Waals surface area contributed by atoms with E-state index in [1.54, 1.807) is 17.8 Å². The van der Waals surface area contributed by atoms with E-state index in [1.165, 1.54) is 4.90 Å². The third kappa shape index (κ3) is 3.09. The first-order valence-electron chi connectivity index (χ1n) is 5.90. The van der Waals surface area contributed by atoms with Gasteiger partial charge in [-0.1, -0.05) is 6.92 Å². The molecule has 1 aromatic heterocycles. The molecule has 1 N–H and O–H groups in total. The Labute approximate surface area is 106 Å². The molecule has 6 heteroatoms. The van der Waals surface area contributed by atoms with Crippen LogP contribution in [0.25, 0.3) is 0 Å². The van der Waals surface area contributed by atoms with Gasteiger partial charge in [-0.3, -0.25) is 14.3 Å². The summed E-state index contributed by atoms with van der Waals surface area (Å²) in [5.41, 5.74) is 1.15. The Morgan fingerprint density at radius 3 is 2.56 bits per heavy atom. The Morgan fingerprint density at radius 2 is 2.17 bits per heavy atom. The van der Waals surface area contributed by atoms with E-state index < -0.39 is 5.97 Å². The summed E-state index contributed by atoms with van der Waals surface area (Å²) in [6, 6.07) is 1.54. The smallest absolute Gasteiger partial charge is 0.323 e. The molecule has 6 nitrogen and oxygen atoms in total. The van der Waals surface area contributed by atoms with E-state index in [0.29, 0.717) is 6.42 Å². The van der Waals surface area contributed by atoms with Crippen molar-refractivity contribution in [2.45, 2.75) is 33.2 Å². The van der Waals surface area contributed by atoms with Crippen molar-refractivity contribution in [3.05, 3.63) is 17.5 Å². The minimum Gasteiger partial charge on any atom is -0.480 e. The van der Waals surface area contributed by atoms with Crippen molar-refractivity contribution in [3.8, 4) is 0 Å². The lowest BCUT2D eigenvalue weighted by atomic mass is 10.2. The van der Waals surface area contributed by atoms with Crippen LogP contribution in [0.1, 0.15) is 36.5 Å². The third-order valence-corrected chi connectivity index (χ3v) is 3.02. The van der Waals surface area contributed by atoms with Gasteiger partial charge in [0.05, 0.1) is 0 Å². The summed E-state index contributed by atoms with van der Waals surface area (Å²) in [6.07, 6.45) is 0.699. The summed E-state index contributed by atoms with van der Waals surface area (Å²) < 4.78 is 1.60. The fourth-order valence-corrected chi connectivity index (χ4v) is 1.61. The minimum absolute atomic E-state index is 0.129. The van der Waals surface area contributed by atoms with E-state index in [0.717, 1.165) is 5.69 Å². The molecule has 1 aromatic rings. The molecule has 0 bridgehead atoms. The van der Waals surface area contributed by atoms with Gasteiger partial charge in [0.25, 0.3) is 5.91 Å². The number of carbonyl (C=O) groups excluding carboxylic acids is 1. The number of carboxylic acids is 1. The van der Waals surface area contributed by atoms with Crippen molar-refractivity contribution >= 4 is 11.9 Å². The summed E-state index contributed by atoms with van der Waals surface area (Å²) in [4.78, 5) is 24.4. The van der Waals surface area contributed by atoms with E-state index in [9.17, 15) is 9.59 Å². The minimum atomic E-state index is -1.02. The Balaban J connectivity index is 2.98. The van der Waals surface area contributed by atoms with Crippen molar-refractivity contribution in [2.75, 3.05) is 6.54 Å². The van der Waals surface area contributed by atoms with Gasteiger partial charge in [0.1, 0.15) is 6.54 Å². The molecular formula is C12H19N3O3. The van der Waals surface area contributed by atoms with Crippen LogP contribution in [0.5, 0.6) is 0 Å². The van der Waals surface area contributed by atoms with Gasteiger partial charge in [0, 0.05) is 18.8 Å². The molecule has 0 aliphatic rings. The molecule has 1 rings (SSSR count). The number of carboxylic acid groups (broad SMARTS) is 1. The molecule has 1 heterocycles. The van der Waals surface area contributed by atoms with Crippen LogP contribution in [-0.4, -0.2) is 44.3 Å². The zero-order valence-electron chi connectivity index (χ0n) is 11.2. The second kappa shape index (κ2) is 5.66. The molecule has 0 aromatic carbocycles. The topological polar surface area (TPSA) is 75.4 Å². The predicted octanol–water partition coefficient (Wildman–Crippen LogP) is 1.05. The standard InChI is InChI=1S/C12H19N3O3/c1-5-8(2)15(7-11(16)17)12(18)10-6-9(3)14(4)13-10/h6,8H,5,7H2,1-4H3,(H,16,17). The predicted molar refractivity (Wildman–Crippen MR) is 66.4 cm³/mol. The quantitative estimate of drug-likeness (QED) is 0.851. The number of rotatable bonds is 5. The van der Waals surface area contributed by atoms with Crippen LogP contribution in [0.4, 0.5) is 0 Å². The summed E-state index contributed by atoms with van der Waals surface area (Å²) in [7, 11) is 1.75. The molecule has 0 saturated carbocycles. The zero-order valence-corrected chi connectivity index (χ0v) is 11.2. The summed E-state index contributed by atoms with van der Waals surface area (Å²) in [5, 5.41) is 13.0. The molecule has 0 aliphatic carbocycles. The summed E-state index contributed by atoms with van der Waals surface area (Å²) in [6.45, 7) is 5.28. The molecule has 0 aliphatic heterocycles. The lowest BCUT2D eigenvalue weighted by Crippen LogP contribution is -2.42. The highest BCUT2D eigenvalue weighted by molar-refractivity contribution is 5.94. The molecule has 0 radical (unpaired) electrons. The molecular weight excluding hydrogens is 234 g/mol. The van der Waals surface area contributed by atoms with Crippen molar-refractivity contribution < 1.29 is 14.7 Å². The van der Waals surface area contributed by atoms with Crippen LogP contribution in [0.2, 0.25) is 0 Å². The molecule has 1 atom stereocenters. The number of aromatic nitrogens is 2. The number of hydrogen-bond donors (Lipinski definition) is 1. The first-order chi connectivity index (χ1) is 8.36. The van der Waals surface area contributed by atoms with Crippen LogP contribution in [0.15, 0.2) is 6.07 Å². The fourth-order valence-electron chi connectivity index (χ4n) is 1.61. The average Bonchev–Trinajstić information content (AvgIpc) is 2.64. The van der Waals surface area contributed by atoms with Gasteiger partial charge in [0.2, 0.25) is 0 Å². The highest BCUT2D eigenvalue weighted by atomic mass is 16.4.